The first-order valence-corrected chi connectivity index (χ1v) is 7.34. The lowest BCUT2D eigenvalue weighted by Gasteiger charge is -2.24. The second kappa shape index (κ2) is 7.45. The highest BCUT2D eigenvalue weighted by atomic mass is 16.5. The number of methoxy groups -OCH3 is 1. The van der Waals surface area contributed by atoms with Crippen LogP contribution in [0.15, 0.2) is 12.3 Å². The Morgan fingerprint density at radius 1 is 1.45 bits per heavy atom. The van der Waals surface area contributed by atoms with E-state index >= 15 is 0 Å². The van der Waals surface area contributed by atoms with Crippen LogP contribution in [0.3, 0.4) is 0 Å². The molecule has 1 saturated carbocycles. The van der Waals surface area contributed by atoms with Gasteiger partial charge in [-0.2, -0.15) is 0 Å². The van der Waals surface area contributed by atoms with Crippen LogP contribution >= 0.6 is 0 Å². The number of aliphatic hydroxyl groups is 1. The van der Waals surface area contributed by atoms with Gasteiger partial charge in [0.15, 0.2) is 0 Å². The predicted octanol–water partition coefficient (Wildman–Crippen LogP) is 1.83. The van der Waals surface area contributed by atoms with Crippen LogP contribution in [0.2, 0.25) is 0 Å². The maximum Gasteiger partial charge on any atom is 0.354 e. The number of H-pyrrole nitrogens is 1. The zero-order valence-corrected chi connectivity index (χ0v) is 12.0. The normalized spacial score (nSPS) is 23.3. The summed E-state index contributed by atoms with van der Waals surface area (Å²) in [5, 5.41) is 13.0. The van der Waals surface area contributed by atoms with Crippen molar-refractivity contribution in [1.29, 1.82) is 0 Å². The Bertz CT molecular complexity index is 431. The molecule has 1 fully saturated rings. The van der Waals surface area contributed by atoms with E-state index in [1.165, 1.54) is 26.4 Å². The number of aromatic nitrogens is 1. The Kier molecular flexibility index (Phi) is 5.61. The second-order valence-corrected chi connectivity index (χ2v) is 5.48. The van der Waals surface area contributed by atoms with E-state index in [1.54, 1.807) is 0 Å². The van der Waals surface area contributed by atoms with Crippen LogP contribution in [-0.2, 0) is 11.3 Å². The van der Waals surface area contributed by atoms with Crippen molar-refractivity contribution in [2.75, 3.05) is 13.7 Å². The van der Waals surface area contributed by atoms with Crippen LogP contribution in [0, 0.1) is 5.92 Å². The van der Waals surface area contributed by atoms with Crippen molar-refractivity contribution in [3.63, 3.8) is 0 Å². The fourth-order valence-corrected chi connectivity index (χ4v) is 2.89. The Labute approximate surface area is 119 Å². The van der Waals surface area contributed by atoms with Gasteiger partial charge in [-0.15, -0.1) is 0 Å². The van der Waals surface area contributed by atoms with E-state index in [-0.39, 0.29) is 12.6 Å². The van der Waals surface area contributed by atoms with E-state index in [9.17, 15) is 9.90 Å². The standard InChI is InChI=1S/C15H24N2O3/c1-20-15(19)14-7-11(9-17-14)8-16-13-6-4-2-3-5-12(13)10-18/h7,9,12-13,16-18H,2-6,8,10H2,1H3. The van der Waals surface area contributed by atoms with Gasteiger partial charge >= 0.3 is 5.97 Å². The fourth-order valence-electron chi connectivity index (χ4n) is 2.89. The summed E-state index contributed by atoms with van der Waals surface area (Å²) in [5.41, 5.74) is 1.51. The van der Waals surface area contributed by atoms with Gasteiger partial charge in [0.25, 0.3) is 0 Å². The molecule has 0 aromatic carbocycles. The van der Waals surface area contributed by atoms with Crippen molar-refractivity contribution in [3.8, 4) is 0 Å². The molecule has 2 atom stereocenters. The van der Waals surface area contributed by atoms with Crippen molar-refractivity contribution < 1.29 is 14.6 Å². The van der Waals surface area contributed by atoms with Gasteiger partial charge in [-0.3, -0.25) is 0 Å². The van der Waals surface area contributed by atoms with Gasteiger partial charge in [0, 0.05) is 25.4 Å². The topological polar surface area (TPSA) is 74.3 Å². The molecule has 1 aromatic heterocycles. The molecule has 1 aliphatic carbocycles. The summed E-state index contributed by atoms with van der Waals surface area (Å²) in [6.07, 6.45) is 7.71. The zero-order valence-electron chi connectivity index (χ0n) is 12.0. The number of rotatable bonds is 5. The van der Waals surface area contributed by atoms with E-state index in [1.807, 2.05) is 12.3 Å². The highest BCUT2D eigenvalue weighted by molar-refractivity contribution is 5.87. The summed E-state index contributed by atoms with van der Waals surface area (Å²) in [6.45, 7) is 0.951. The summed E-state index contributed by atoms with van der Waals surface area (Å²) < 4.78 is 4.67. The summed E-state index contributed by atoms with van der Waals surface area (Å²) in [7, 11) is 1.37. The van der Waals surface area contributed by atoms with Gasteiger partial charge in [-0.1, -0.05) is 19.3 Å². The summed E-state index contributed by atoms with van der Waals surface area (Å²) in [6, 6.07) is 2.17. The molecular weight excluding hydrogens is 256 g/mol. The molecular formula is C15H24N2O3. The van der Waals surface area contributed by atoms with Crippen molar-refractivity contribution >= 4 is 5.97 Å². The van der Waals surface area contributed by atoms with Gasteiger partial charge in [-0.05, 0) is 30.4 Å². The van der Waals surface area contributed by atoms with Crippen LogP contribution in [0.5, 0.6) is 0 Å². The Morgan fingerprint density at radius 2 is 2.25 bits per heavy atom. The lowest BCUT2D eigenvalue weighted by Crippen LogP contribution is -2.36. The molecule has 0 bridgehead atoms. The van der Waals surface area contributed by atoms with Crippen molar-refractivity contribution in [3.05, 3.63) is 23.5 Å². The van der Waals surface area contributed by atoms with Crippen molar-refractivity contribution in [2.45, 2.75) is 44.7 Å². The SMILES string of the molecule is COC(=O)c1cc(CNC2CCCCCC2CO)c[nH]1. The molecule has 0 saturated heterocycles. The Morgan fingerprint density at radius 3 is 3.00 bits per heavy atom. The number of esters is 1. The number of aromatic amines is 1. The van der Waals surface area contributed by atoms with Gasteiger partial charge in [0.1, 0.15) is 5.69 Å². The molecule has 2 unspecified atom stereocenters. The van der Waals surface area contributed by atoms with Crippen LogP contribution in [0.4, 0.5) is 0 Å². The molecule has 5 nitrogen and oxygen atoms in total. The van der Waals surface area contributed by atoms with Crippen molar-refractivity contribution in [1.82, 2.24) is 10.3 Å². The average molecular weight is 280 g/mol. The number of hydrogen-bond donors (Lipinski definition) is 3. The van der Waals surface area contributed by atoms with Gasteiger partial charge in [-0.25, -0.2) is 4.79 Å². The van der Waals surface area contributed by atoms with E-state index in [4.69, 9.17) is 0 Å². The minimum Gasteiger partial charge on any atom is -0.464 e. The van der Waals surface area contributed by atoms with E-state index < -0.39 is 0 Å². The second-order valence-electron chi connectivity index (χ2n) is 5.48. The highest BCUT2D eigenvalue weighted by Crippen LogP contribution is 2.23. The summed E-state index contributed by atoms with van der Waals surface area (Å²) in [5.74, 6) is -0.00419. The largest absolute Gasteiger partial charge is 0.464 e. The summed E-state index contributed by atoms with van der Waals surface area (Å²) >= 11 is 0. The van der Waals surface area contributed by atoms with Crippen LogP contribution in [0.25, 0.3) is 0 Å². The molecule has 5 heteroatoms. The van der Waals surface area contributed by atoms with Crippen LogP contribution in [0.1, 0.15) is 48.2 Å². The minimum absolute atomic E-state index is 0.248. The monoisotopic (exact) mass is 280 g/mol. The number of carbonyl (C=O) groups excluding carboxylic acids is 1. The van der Waals surface area contributed by atoms with E-state index in [2.05, 4.69) is 15.0 Å². The molecule has 112 valence electrons. The smallest absolute Gasteiger partial charge is 0.354 e. The average Bonchev–Trinajstić information content (AvgIpc) is 2.83. The Hall–Kier alpha value is -1.33. The first kappa shape index (κ1) is 15.1. The quantitative estimate of drug-likeness (QED) is 0.568. The fraction of sp³-hybridized carbons (Fsp3) is 0.667. The number of hydrogen-bond acceptors (Lipinski definition) is 4. The third kappa shape index (κ3) is 3.84. The molecule has 0 spiro atoms. The van der Waals surface area contributed by atoms with Crippen molar-refractivity contribution in [2.24, 2.45) is 5.92 Å². The van der Waals surface area contributed by atoms with Gasteiger partial charge in [0.2, 0.25) is 0 Å². The highest BCUT2D eigenvalue weighted by Gasteiger charge is 2.22. The maximum atomic E-state index is 11.4. The molecule has 2 rings (SSSR count). The number of ether oxygens (including phenoxy) is 1. The Balaban J connectivity index is 1.89. The number of carbonyl (C=O) groups is 1. The maximum absolute atomic E-state index is 11.4. The molecule has 20 heavy (non-hydrogen) atoms. The number of nitrogens with one attached hydrogen (secondary N) is 2. The lowest BCUT2D eigenvalue weighted by molar-refractivity contribution is 0.0595. The van der Waals surface area contributed by atoms with Crippen LogP contribution < -0.4 is 5.32 Å². The van der Waals surface area contributed by atoms with E-state index in [0.717, 1.165) is 18.4 Å². The van der Waals surface area contributed by atoms with Gasteiger partial charge in [0.05, 0.1) is 7.11 Å². The minimum atomic E-state index is -0.348. The lowest BCUT2D eigenvalue weighted by atomic mass is 9.95. The van der Waals surface area contributed by atoms with Gasteiger partial charge < -0.3 is 20.1 Å². The molecule has 1 heterocycles. The van der Waals surface area contributed by atoms with E-state index in [0.29, 0.717) is 24.2 Å². The van der Waals surface area contributed by atoms with Crippen LogP contribution in [-0.4, -0.2) is 35.8 Å². The molecule has 1 aliphatic rings. The predicted molar refractivity (Wildman–Crippen MR) is 76.4 cm³/mol. The first-order chi connectivity index (χ1) is 9.74. The third-order valence-corrected chi connectivity index (χ3v) is 4.11. The first-order valence-electron chi connectivity index (χ1n) is 7.34. The molecule has 0 amide bonds. The third-order valence-electron chi connectivity index (χ3n) is 4.11. The molecule has 0 radical (unpaired) electrons. The number of aliphatic hydroxyl groups excluding tert-OH is 1. The molecule has 3 N–H and O–H groups in total. The molecule has 1 aromatic rings. The molecule has 0 aliphatic heterocycles. The summed E-state index contributed by atoms with van der Waals surface area (Å²) in [4.78, 5) is 14.3. The zero-order chi connectivity index (χ0) is 14.4.